The Bertz CT molecular complexity index is 412. The Kier molecular flexibility index (Phi) is 6.73. The molecule has 3 nitrogen and oxygen atoms in total. The number of anilines is 1. The molecule has 0 aliphatic rings. The smallest absolute Gasteiger partial charge is 0.238 e. The third-order valence-electron chi connectivity index (χ3n) is 3.60. The molecule has 0 spiro atoms. The van der Waals surface area contributed by atoms with Crippen molar-refractivity contribution in [1.29, 1.82) is 0 Å². The van der Waals surface area contributed by atoms with E-state index in [-0.39, 0.29) is 5.91 Å². The van der Waals surface area contributed by atoms with Crippen LogP contribution in [-0.4, -0.2) is 30.4 Å². The van der Waals surface area contributed by atoms with Gasteiger partial charge in [0.15, 0.2) is 0 Å². The van der Waals surface area contributed by atoms with E-state index in [0.717, 1.165) is 18.5 Å². The lowest BCUT2D eigenvalue weighted by molar-refractivity contribution is -0.117. The van der Waals surface area contributed by atoms with Gasteiger partial charge >= 0.3 is 0 Å². The third kappa shape index (κ3) is 5.74. The number of aryl methyl sites for hydroxylation is 1. The van der Waals surface area contributed by atoms with Crippen molar-refractivity contribution in [3.8, 4) is 0 Å². The highest BCUT2D eigenvalue weighted by Gasteiger charge is 2.14. The molecule has 0 aliphatic heterocycles. The number of carbonyl (C=O) groups excluding carboxylic acids is 1. The van der Waals surface area contributed by atoms with Gasteiger partial charge in [-0.25, -0.2) is 0 Å². The standard InChI is InChI=1S/C17H28N2O/c1-6-15-7-9-16(10-8-15)18-17(20)12-19(5)14(4)11-13(2)3/h7-10,13-14H,6,11-12H2,1-5H3,(H,18,20). The summed E-state index contributed by atoms with van der Waals surface area (Å²) in [5.74, 6) is 0.699. The molecule has 0 aromatic heterocycles. The van der Waals surface area contributed by atoms with Gasteiger partial charge in [0.1, 0.15) is 0 Å². The van der Waals surface area contributed by atoms with Crippen molar-refractivity contribution in [1.82, 2.24) is 4.90 Å². The van der Waals surface area contributed by atoms with Gasteiger partial charge in [-0.3, -0.25) is 9.69 Å². The number of benzene rings is 1. The van der Waals surface area contributed by atoms with Crippen LogP contribution in [0.4, 0.5) is 5.69 Å². The van der Waals surface area contributed by atoms with E-state index >= 15 is 0 Å². The molecule has 0 aliphatic carbocycles. The van der Waals surface area contributed by atoms with Crippen LogP contribution in [-0.2, 0) is 11.2 Å². The van der Waals surface area contributed by atoms with Crippen LogP contribution < -0.4 is 5.32 Å². The molecule has 0 radical (unpaired) electrons. The van der Waals surface area contributed by atoms with E-state index in [2.05, 4.69) is 50.0 Å². The molecule has 20 heavy (non-hydrogen) atoms. The number of nitrogens with one attached hydrogen (secondary N) is 1. The number of rotatable bonds is 7. The van der Waals surface area contributed by atoms with Gasteiger partial charge in [-0.2, -0.15) is 0 Å². The highest BCUT2D eigenvalue weighted by atomic mass is 16.2. The summed E-state index contributed by atoms with van der Waals surface area (Å²) in [6, 6.07) is 8.47. The maximum atomic E-state index is 12.0. The second-order valence-electron chi connectivity index (χ2n) is 5.99. The molecule has 112 valence electrons. The van der Waals surface area contributed by atoms with Crippen LogP contribution in [0.25, 0.3) is 0 Å². The highest BCUT2D eigenvalue weighted by molar-refractivity contribution is 5.92. The summed E-state index contributed by atoms with van der Waals surface area (Å²) < 4.78 is 0. The first kappa shape index (κ1) is 16.7. The molecule has 0 saturated heterocycles. The second kappa shape index (κ2) is 8.05. The zero-order chi connectivity index (χ0) is 15.1. The predicted octanol–water partition coefficient (Wildman–Crippen LogP) is 3.55. The van der Waals surface area contributed by atoms with E-state index in [1.165, 1.54) is 5.56 Å². The molecular formula is C17H28N2O. The molecule has 1 aromatic carbocycles. The number of hydrogen-bond donors (Lipinski definition) is 1. The Morgan fingerprint density at radius 3 is 2.30 bits per heavy atom. The van der Waals surface area contributed by atoms with Crippen molar-refractivity contribution in [3.63, 3.8) is 0 Å². The van der Waals surface area contributed by atoms with Gasteiger partial charge in [-0.1, -0.05) is 32.9 Å². The first-order valence-corrected chi connectivity index (χ1v) is 7.51. The van der Waals surface area contributed by atoms with Gasteiger partial charge in [-0.05, 0) is 50.4 Å². The summed E-state index contributed by atoms with van der Waals surface area (Å²) in [7, 11) is 2.01. The normalized spacial score (nSPS) is 12.8. The zero-order valence-electron chi connectivity index (χ0n) is 13.4. The fraction of sp³-hybridized carbons (Fsp3) is 0.588. The van der Waals surface area contributed by atoms with Crippen molar-refractivity contribution in [2.75, 3.05) is 18.9 Å². The molecule has 0 saturated carbocycles. The lowest BCUT2D eigenvalue weighted by Gasteiger charge is -2.25. The third-order valence-corrected chi connectivity index (χ3v) is 3.60. The van der Waals surface area contributed by atoms with E-state index in [9.17, 15) is 4.79 Å². The largest absolute Gasteiger partial charge is 0.325 e. The lowest BCUT2D eigenvalue weighted by atomic mass is 10.0. The van der Waals surface area contributed by atoms with Crippen LogP contribution in [0.3, 0.4) is 0 Å². The maximum absolute atomic E-state index is 12.0. The molecule has 1 rings (SSSR count). The molecule has 0 fully saturated rings. The molecule has 1 unspecified atom stereocenters. The average Bonchev–Trinajstić information content (AvgIpc) is 2.38. The predicted molar refractivity (Wildman–Crippen MR) is 86.0 cm³/mol. The van der Waals surface area contributed by atoms with Crippen LogP contribution >= 0.6 is 0 Å². The van der Waals surface area contributed by atoms with Crippen molar-refractivity contribution < 1.29 is 4.79 Å². The van der Waals surface area contributed by atoms with E-state index in [0.29, 0.717) is 18.5 Å². The monoisotopic (exact) mass is 276 g/mol. The van der Waals surface area contributed by atoms with Crippen molar-refractivity contribution in [2.24, 2.45) is 5.92 Å². The lowest BCUT2D eigenvalue weighted by Crippen LogP contribution is -2.37. The van der Waals surface area contributed by atoms with Gasteiger partial charge in [0.2, 0.25) is 5.91 Å². The van der Waals surface area contributed by atoms with Gasteiger partial charge in [0, 0.05) is 11.7 Å². The SMILES string of the molecule is CCc1ccc(NC(=O)CN(C)C(C)CC(C)C)cc1. The topological polar surface area (TPSA) is 32.3 Å². The van der Waals surface area contributed by atoms with Gasteiger partial charge in [-0.15, -0.1) is 0 Å². The Labute approximate surface area is 123 Å². The molecule has 1 aromatic rings. The Balaban J connectivity index is 2.46. The van der Waals surface area contributed by atoms with E-state index in [1.54, 1.807) is 0 Å². The summed E-state index contributed by atoms with van der Waals surface area (Å²) in [5.41, 5.74) is 2.16. The minimum absolute atomic E-state index is 0.0485. The van der Waals surface area contributed by atoms with Gasteiger partial charge in [0.05, 0.1) is 6.54 Å². The van der Waals surface area contributed by atoms with Crippen LogP contribution in [0.5, 0.6) is 0 Å². The minimum atomic E-state index is 0.0485. The first-order valence-electron chi connectivity index (χ1n) is 7.51. The molecule has 1 N–H and O–H groups in total. The molecule has 1 amide bonds. The molecule has 1 atom stereocenters. The molecule has 0 bridgehead atoms. The maximum Gasteiger partial charge on any atom is 0.238 e. The van der Waals surface area contributed by atoms with Crippen molar-refractivity contribution in [2.45, 2.75) is 46.6 Å². The Morgan fingerprint density at radius 1 is 1.20 bits per heavy atom. The Hall–Kier alpha value is -1.35. The number of hydrogen-bond acceptors (Lipinski definition) is 2. The van der Waals surface area contributed by atoms with Gasteiger partial charge in [0.25, 0.3) is 0 Å². The van der Waals surface area contributed by atoms with E-state index in [1.807, 2.05) is 19.2 Å². The van der Waals surface area contributed by atoms with Crippen molar-refractivity contribution >= 4 is 11.6 Å². The summed E-state index contributed by atoms with van der Waals surface area (Å²) >= 11 is 0. The van der Waals surface area contributed by atoms with Crippen LogP contribution in [0, 0.1) is 5.92 Å². The zero-order valence-corrected chi connectivity index (χ0v) is 13.4. The van der Waals surface area contributed by atoms with Gasteiger partial charge < -0.3 is 5.32 Å². The summed E-state index contributed by atoms with van der Waals surface area (Å²) in [6.45, 7) is 9.14. The summed E-state index contributed by atoms with van der Waals surface area (Å²) in [6.07, 6.45) is 2.12. The summed E-state index contributed by atoms with van der Waals surface area (Å²) in [5, 5.41) is 2.95. The van der Waals surface area contributed by atoms with Crippen LogP contribution in [0.1, 0.15) is 39.7 Å². The van der Waals surface area contributed by atoms with Crippen LogP contribution in [0.2, 0.25) is 0 Å². The minimum Gasteiger partial charge on any atom is -0.325 e. The molecule has 0 heterocycles. The second-order valence-corrected chi connectivity index (χ2v) is 5.99. The molecular weight excluding hydrogens is 248 g/mol. The Morgan fingerprint density at radius 2 is 1.80 bits per heavy atom. The van der Waals surface area contributed by atoms with Crippen molar-refractivity contribution in [3.05, 3.63) is 29.8 Å². The number of likely N-dealkylation sites (N-methyl/N-ethyl adjacent to an activating group) is 1. The average molecular weight is 276 g/mol. The fourth-order valence-electron chi connectivity index (χ4n) is 2.27. The number of amides is 1. The number of carbonyl (C=O) groups is 1. The summed E-state index contributed by atoms with van der Waals surface area (Å²) in [4.78, 5) is 14.1. The fourth-order valence-corrected chi connectivity index (χ4v) is 2.27. The quantitative estimate of drug-likeness (QED) is 0.826. The van der Waals surface area contributed by atoms with Crippen LogP contribution in [0.15, 0.2) is 24.3 Å². The molecule has 3 heteroatoms. The highest BCUT2D eigenvalue weighted by Crippen LogP contribution is 2.11. The number of nitrogens with zero attached hydrogens (tertiary/aromatic N) is 1. The first-order chi connectivity index (χ1) is 9.42. The van der Waals surface area contributed by atoms with E-state index < -0.39 is 0 Å². The van der Waals surface area contributed by atoms with E-state index in [4.69, 9.17) is 0 Å².